The maximum Gasteiger partial charge on any atom is 0.377 e. The van der Waals surface area contributed by atoms with Crippen molar-refractivity contribution in [1.82, 2.24) is 19.7 Å². The van der Waals surface area contributed by atoms with Gasteiger partial charge in [0.25, 0.3) is 5.82 Å². The van der Waals surface area contributed by atoms with Crippen molar-refractivity contribution in [3.05, 3.63) is 12.2 Å². The number of hydrogen-bond acceptors (Lipinski definition) is 5. The first kappa shape index (κ1) is 15.5. The molecule has 2 rings (SSSR count). The van der Waals surface area contributed by atoms with E-state index >= 15 is 0 Å². The Labute approximate surface area is 124 Å². The predicted molar refractivity (Wildman–Crippen MR) is 75.6 cm³/mol. The number of hydrogen-bond donors (Lipinski definition) is 0. The molecule has 0 saturated heterocycles. The molecule has 1 aliphatic carbocycles. The predicted octanol–water partition coefficient (Wildman–Crippen LogP) is 1.10. The zero-order valence-corrected chi connectivity index (χ0v) is 12.8. The molecule has 2 atom stereocenters. The molecule has 1 aliphatic rings. The summed E-state index contributed by atoms with van der Waals surface area (Å²) in [5.41, 5.74) is 0. The number of aromatic nitrogens is 3. The Kier molecular flexibility index (Phi) is 4.93. The minimum atomic E-state index is -0.601. The van der Waals surface area contributed by atoms with Crippen LogP contribution in [0, 0.1) is 5.92 Å². The molecule has 1 heterocycles. The Morgan fingerprint density at radius 2 is 2.14 bits per heavy atom. The van der Waals surface area contributed by atoms with Gasteiger partial charge in [0, 0.05) is 13.1 Å². The van der Waals surface area contributed by atoms with Gasteiger partial charge in [-0.2, -0.15) is 0 Å². The summed E-state index contributed by atoms with van der Waals surface area (Å²) in [6.07, 6.45) is 6.00. The van der Waals surface area contributed by atoms with Crippen molar-refractivity contribution in [3.63, 3.8) is 0 Å². The van der Waals surface area contributed by atoms with E-state index in [0.717, 1.165) is 12.8 Å². The lowest BCUT2D eigenvalue weighted by Crippen LogP contribution is -2.44. The fraction of sp³-hybridized carbons (Fsp3) is 0.714. The Morgan fingerprint density at radius 3 is 2.81 bits per heavy atom. The molecule has 1 amide bonds. The van der Waals surface area contributed by atoms with Gasteiger partial charge in [-0.05, 0) is 18.8 Å². The van der Waals surface area contributed by atoms with Crippen molar-refractivity contribution >= 4 is 11.9 Å². The lowest BCUT2D eigenvalue weighted by atomic mass is 9.85. The van der Waals surface area contributed by atoms with Crippen molar-refractivity contribution in [2.24, 2.45) is 5.92 Å². The van der Waals surface area contributed by atoms with Gasteiger partial charge in [0.1, 0.15) is 12.9 Å². The molecular weight excluding hydrogens is 272 g/mol. The second kappa shape index (κ2) is 6.69. The summed E-state index contributed by atoms with van der Waals surface area (Å²) in [5.74, 6) is -0.126. The number of carbonyl (C=O) groups is 2. The molecular formula is C14H22N4O3. The number of likely N-dealkylation sites (N-methyl/N-ethyl adjacent to an activating group) is 1. The second-order valence-electron chi connectivity index (χ2n) is 5.59. The zero-order chi connectivity index (χ0) is 15.4. The Hall–Kier alpha value is -1.92. The molecule has 1 saturated carbocycles. The van der Waals surface area contributed by atoms with Gasteiger partial charge < -0.3 is 9.64 Å². The normalized spacial score (nSPS) is 21.9. The van der Waals surface area contributed by atoms with Crippen LogP contribution in [0.3, 0.4) is 0 Å². The van der Waals surface area contributed by atoms with E-state index in [2.05, 4.69) is 21.7 Å². The van der Waals surface area contributed by atoms with Gasteiger partial charge in [-0.1, -0.05) is 19.8 Å². The maximum atomic E-state index is 12.3. The topological polar surface area (TPSA) is 77.3 Å². The van der Waals surface area contributed by atoms with Gasteiger partial charge >= 0.3 is 5.97 Å². The smallest absolute Gasteiger partial charge is 0.377 e. The third kappa shape index (κ3) is 3.59. The highest BCUT2D eigenvalue weighted by atomic mass is 16.5. The third-order valence-electron chi connectivity index (χ3n) is 4.16. The summed E-state index contributed by atoms with van der Waals surface area (Å²) in [7, 11) is 3.11. The molecule has 0 radical (unpaired) electrons. The SMILES string of the molecule is COC(=O)c1ncn(CC(=O)N(C)[C@H]2CCCC[C@@H]2C)n1. The van der Waals surface area contributed by atoms with E-state index in [1.54, 1.807) is 0 Å². The van der Waals surface area contributed by atoms with E-state index in [0.29, 0.717) is 5.92 Å². The van der Waals surface area contributed by atoms with E-state index in [4.69, 9.17) is 0 Å². The van der Waals surface area contributed by atoms with E-state index in [1.807, 2.05) is 11.9 Å². The van der Waals surface area contributed by atoms with Crippen LogP contribution >= 0.6 is 0 Å². The van der Waals surface area contributed by atoms with Gasteiger partial charge in [0.05, 0.1) is 7.11 Å². The van der Waals surface area contributed by atoms with E-state index < -0.39 is 5.97 Å². The minimum absolute atomic E-state index is 0.0185. The monoisotopic (exact) mass is 294 g/mol. The summed E-state index contributed by atoms with van der Waals surface area (Å²) >= 11 is 0. The first-order valence-electron chi connectivity index (χ1n) is 7.26. The first-order valence-corrected chi connectivity index (χ1v) is 7.26. The van der Waals surface area contributed by atoms with Crippen LogP contribution in [-0.4, -0.2) is 51.7 Å². The number of methoxy groups -OCH3 is 1. The van der Waals surface area contributed by atoms with Crippen LogP contribution in [0.1, 0.15) is 43.2 Å². The van der Waals surface area contributed by atoms with E-state index in [-0.39, 0.29) is 24.3 Å². The highest BCUT2D eigenvalue weighted by Crippen LogP contribution is 2.27. The summed E-state index contributed by atoms with van der Waals surface area (Å²) in [6, 6.07) is 0.287. The highest BCUT2D eigenvalue weighted by Gasteiger charge is 2.28. The molecule has 1 aromatic rings. The number of nitrogens with zero attached hydrogens (tertiary/aromatic N) is 4. The number of amides is 1. The molecule has 7 heteroatoms. The fourth-order valence-corrected chi connectivity index (χ4v) is 2.86. The quantitative estimate of drug-likeness (QED) is 0.777. The molecule has 1 aromatic heterocycles. The van der Waals surface area contributed by atoms with Crippen LogP contribution in [0.25, 0.3) is 0 Å². The van der Waals surface area contributed by atoms with E-state index in [9.17, 15) is 9.59 Å². The molecule has 1 fully saturated rings. The van der Waals surface area contributed by atoms with Gasteiger partial charge in [-0.15, -0.1) is 5.10 Å². The largest absolute Gasteiger partial charge is 0.463 e. The number of esters is 1. The standard InChI is InChI=1S/C14H22N4O3/c1-10-6-4-5-7-11(10)17(2)12(19)8-18-9-15-13(16-18)14(20)21-3/h9-11H,4-8H2,1-3H3/t10-,11-/m0/s1. The van der Waals surface area contributed by atoms with Crippen molar-refractivity contribution in [2.75, 3.05) is 14.2 Å². The van der Waals surface area contributed by atoms with Crippen LogP contribution in [0.2, 0.25) is 0 Å². The Bertz CT molecular complexity index is 514. The molecule has 0 aromatic carbocycles. The number of rotatable bonds is 4. The van der Waals surface area contributed by atoms with Crippen LogP contribution < -0.4 is 0 Å². The van der Waals surface area contributed by atoms with Gasteiger partial charge in [0.2, 0.25) is 5.91 Å². The molecule has 0 aliphatic heterocycles. The summed E-state index contributed by atoms with van der Waals surface area (Å²) < 4.78 is 5.91. The maximum absolute atomic E-state index is 12.3. The van der Waals surface area contributed by atoms with Crippen molar-refractivity contribution < 1.29 is 14.3 Å². The lowest BCUT2D eigenvalue weighted by molar-refractivity contribution is -0.134. The molecule has 116 valence electrons. The molecule has 21 heavy (non-hydrogen) atoms. The molecule has 0 unspecified atom stereocenters. The van der Waals surface area contributed by atoms with Gasteiger partial charge in [-0.3, -0.25) is 4.79 Å². The molecule has 0 bridgehead atoms. The summed E-state index contributed by atoms with van der Waals surface area (Å²) in [4.78, 5) is 29.3. The van der Waals surface area contributed by atoms with Crippen molar-refractivity contribution in [3.8, 4) is 0 Å². The highest BCUT2D eigenvalue weighted by molar-refractivity contribution is 5.84. The Balaban J connectivity index is 1.97. The minimum Gasteiger partial charge on any atom is -0.463 e. The van der Waals surface area contributed by atoms with Crippen LogP contribution in [-0.2, 0) is 16.1 Å². The second-order valence-corrected chi connectivity index (χ2v) is 5.59. The number of ether oxygens (including phenoxy) is 1. The average molecular weight is 294 g/mol. The van der Waals surface area contributed by atoms with Gasteiger partial charge in [0.15, 0.2) is 0 Å². The van der Waals surface area contributed by atoms with Crippen LogP contribution in [0.4, 0.5) is 0 Å². The fourth-order valence-electron chi connectivity index (χ4n) is 2.86. The Morgan fingerprint density at radius 1 is 1.43 bits per heavy atom. The van der Waals surface area contributed by atoms with E-state index in [1.165, 1.54) is 31.0 Å². The number of carbonyl (C=O) groups excluding carboxylic acids is 2. The van der Waals surface area contributed by atoms with Gasteiger partial charge in [-0.25, -0.2) is 14.5 Å². The summed E-state index contributed by atoms with van der Waals surface area (Å²) in [6.45, 7) is 2.28. The van der Waals surface area contributed by atoms with Crippen LogP contribution in [0.5, 0.6) is 0 Å². The zero-order valence-electron chi connectivity index (χ0n) is 12.8. The van der Waals surface area contributed by atoms with Crippen molar-refractivity contribution in [2.45, 2.75) is 45.2 Å². The summed E-state index contributed by atoms with van der Waals surface area (Å²) in [5, 5.41) is 3.95. The molecule has 0 spiro atoms. The lowest BCUT2D eigenvalue weighted by Gasteiger charge is -2.36. The van der Waals surface area contributed by atoms with Crippen LogP contribution in [0.15, 0.2) is 6.33 Å². The third-order valence-corrected chi connectivity index (χ3v) is 4.16. The molecule has 7 nitrogen and oxygen atoms in total. The average Bonchev–Trinajstić information content (AvgIpc) is 2.94. The van der Waals surface area contributed by atoms with Crippen molar-refractivity contribution in [1.29, 1.82) is 0 Å². The molecule has 0 N–H and O–H groups in total. The first-order chi connectivity index (χ1) is 10.0.